The highest BCUT2D eigenvalue weighted by molar-refractivity contribution is 7.89. The van der Waals surface area contributed by atoms with E-state index in [0.717, 1.165) is 25.3 Å². The van der Waals surface area contributed by atoms with Gasteiger partial charge in [0.2, 0.25) is 10.0 Å². The summed E-state index contributed by atoms with van der Waals surface area (Å²) < 4.78 is 26.6. The van der Waals surface area contributed by atoms with Crippen LogP contribution in [0.5, 0.6) is 0 Å². The molecule has 0 heterocycles. The molecule has 19 heavy (non-hydrogen) atoms. The van der Waals surface area contributed by atoms with Crippen LogP contribution in [0.1, 0.15) is 19.3 Å². The molecular formula is C11H15N3O4S. The smallest absolute Gasteiger partial charge is 0.270 e. The van der Waals surface area contributed by atoms with Crippen LogP contribution >= 0.6 is 0 Å². The fraction of sp³-hybridized carbons (Fsp3) is 0.455. The Hall–Kier alpha value is -1.67. The summed E-state index contributed by atoms with van der Waals surface area (Å²) in [6.45, 7) is 0.352. The van der Waals surface area contributed by atoms with Crippen LogP contribution in [0.3, 0.4) is 0 Å². The van der Waals surface area contributed by atoms with Crippen LogP contribution in [0.15, 0.2) is 23.1 Å². The highest BCUT2D eigenvalue weighted by Crippen LogP contribution is 2.27. The van der Waals surface area contributed by atoms with Crippen molar-refractivity contribution in [1.29, 1.82) is 0 Å². The van der Waals surface area contributed by atoms with Crippen molar-refractivity contribution in [2.75, 3.05) is 12.3 Å². The zero-order valence-corrected chi connectivity index (χ0v) is 11.0. The molecule has 1 aliphatic carbocycles. The number of anilines is 1. The summed E-state index contributed by atoms with van der Waals surface area (Å²) in [5, 5.41) is 10.7. The number of hydrogen-bond acceptors (Lipinski definition) is 5. The summed E-state index contributed by atoms with van der Waals surface area (Å²) in [6, 6.07) is 3.40. The molecule has 1 saturated carbocycles. The lowest BCUT2D eigenvalue weighted by molar-refractivity contribution is -0.385. The van der Waals surface area contributed by atoms with E-state index in [2.05, 4.69) is 4.72 Å². The van der Waals surface area contributed by atoms with E-state index in [1.54, 1.807) is 0 Å². The van der Waals surface area contributed by atoms with E-state index < -0.39 is 14.9 Å². The van der Waals surface area contributed by atoms with E-state index in [0.29, 0.717) is 12.5 Å². The van der Waals surface area contributed by atoms with Crippen LogP contribution in [0.2, 0.25) is 0 Å². The summed E-state index contributed by atoms with van der Waals surface area (Å²) in [5.41, 5.74) is 5.30. The molecular weight excluding hydrogens is 270 g/mol. The third kappa shape index (κ3) is 3.02. The Kier molecular flexibility index (Phi) is 3.72. The predicted octanol–water partition coefficient (Wildman–Crippen LogP) is 1.26. The quantitative estimate of drug-likeness (QED) is 0.480. The van der Waals surface area contributed by atoms with Gasteiger partial charge in [0.25, 0.3) is 5.69 Å². The molecule has 0 atom stereocenters. The van der Waals surface area contributed by atoms with Crippen LogP contribution in [0.25, 0.3) is 0 Å². The molecule has 0 radical (unpaired) electrons. The first kappa shape index (κ1) is 13.8. The second-order valence-corrected chi connectivity index (χ2v) is 6.36. The summed E-state index contributed by atoms with van der Waals surface area (Å²) in [5.74, 6) is 0.356. The number of benzene rings is 1. The minimum absolute atomic E-state index is 0.00621. The molecule has 7 nitrogen and oxygen atoms in total. The molecule has 0 unspecified atom stereocenters. The fourth-order valence-electron chi connectivity index (χ4n) is 1.87. The van der Waals surface area contributed by atoms with Gasteiger partial charge >= 0.3 is 0 Å². The number of hydrogen-bond donors (Lipinski definition) is 2. The van der Waals surface area contributed by atoms with E-state index in [-0.39, 0.29) is 16.3 Å². The van der Waals surface area contributed by atoms with Crippen molar-refractivity contribution in [2.45, 2.75) is 24.2 Å². The first-order valence-electron chi connectivity index (χ1n) is 5.94. The van der Waals surface area contributed by atoms with Gasteiger partial charge in [-0.3, -0.25) is 10.1 Å². The molecule has 1 aromatic carbocycles. The van der Waals surface area contributed by atoms with Gasteiger partial charge in [-0.25, -0.2) is 13.1 Å². The van der Waals surface area contributed by atoms with Gasteiger partial charge in [-0.15, -0.1) is 0 Å². The minimum Gasteiger partial charge on any atom is -0.398 e. The Labute approximate surface area is 111 Å². The number of nitrogens with one attached hydrogen (secondary N) is 1. The number of nitrogen functional groups attached to an aromatic ring is 1. The van der Waals surface area contributed by atoms with Crippen LogP contribution < -0.4 is 10.5 Å². The number of nitrogens with zero attached hydrogens (tertiary/aromatic N) is 1. The van der Waals surface area contributed by atoms with Gasteiger partial charge in [-0.1, -0.05) is 6.42 Å². The highest BCUT2D eigenvalue weighted by atomic mass is 32.2. The molecule has 0 saturated heterocycles. The molecule has 0 aliphatic heterocycles. The average Bonchev–Trinajstić information content (AvgIpc) is 2.26. The lowest BCUT2D eigenvalue weighted by Crippen LogP contribution is -2.32. The van der Waals surface area contributed by atoms with Gasteiger partial charge in [0, 0.05) is 18.7 Å². The number of sulfonamides is 1. The van der Waals surface area contributed by atoms with E-state index in [9.17, 15) is 18.5 Å². The molecule has 1 fully saturated rings. The zero-order valence-electron chi connectivity index (χ0n) is 10.2. The van der Waals surface area contributed by atoms with Crippen LogP contribution in [-0.4, -0.2) is 19.9 Å². The number of nitro groups is 1. The van der Waals surface area contributed by atoms with Crippen LogP contribution in [-0.2, 0) is 10.0 Å². The Morgan fingerprint density at radius 1 is 1.42 bits per heavy atom. The number of nitro benzene ring substituents is 1. The van der Waals surface area contributed by atoms with Crippen molar-refractivity contribution in [1.82, 2.24) is 4.72 Å². The van der Waals surface area contributed by atoms with Crippen LogP contribution in [0.4, 0.5) is 11.4 Å². The fourth-order valence-corrected chi connectivity index (χ4v) is 3.14. The van der Waals surface area contributed by atoms with Gasteiger partial charge < -0.3 is 5.73 Å². The van der Waals surface area contributed by atoms with Crippen molar-refractivity contribution in [3.63, 3.8) is 0 Å². The molecule has 0 bridgehead atoms. The minimum atomic E-state index is -3.80. The molecule has 0 spiro atoms. The maximum absolute atomic E-state index is 12.1. The second kappa shape index (κ2) is 5.14. The summed E-state index contributed by atoms with van der Waals surface area (Å²) in [4.78, 5) is 9.78. The molecule has 3 N–H and O–H groups in total. The molecule has 1 aromatic rings. The molecule has 0 aromatic heterocycles. The Balaban J connectivity index is 2.22. The van der Waals surface area contributed by atoms with Crippen molar-refractivity contribution < 1.29 is 13.3 Å². The lowest BCUT2D eigenvalue weighted by atomic mass is 9.86. The maximum atomic E-state index is 12.1. The summed E-state index contributed by atoms with van der Waals surface area (Å²) in [6.07, 6.45) is 3.13. The summed E-state index contributed by atoms with van der Waals surface area (Å²) >= 11 is 0. The monoisotopic (exact) mass is 285 g/mol. The first-order chi connectivity index (χ1) is 8.90. The Bertz CT molecular complexity index is 596. The largest absolute Gasteiger partial charge is 0.398 e. The normalized spacial score (nSPS) is 16.0. The number of rotatable bonds is 5. The van der Waals surface area contributed by atoms with Crippen molar-refractivity contribution >= 4 is 21.4 Å². The zero-order chi connectivity index (χ0) is 14.0. The van der Waals surface area contributed by atoms with E-state index in [4.69, 9.17) is 5.73 Å². The van der Waals surface area contributed by atoms with Gasteiger partial charge in [0.05, 0.1) is 10.6 Å². The molecule has 104 valence electrons. The highest BCUT2D eigenvalue weighted by Gasteiger charge is 2.24. The van der Waals surface area contributed by atoms with Crippen molar-refractivity contribution in [3.8, 4) is 0 Å². The SMILES string of the molecule is Nc1ccc([N+](=O)[O-])cc1S(=O)(=O)NCC1CCC1. The number of non-ortho nitro benzene ring substituents is 1. The third-order valence-corrected chi connectivity index (χ3v) is 4.76. The predicted molar refractivity (Wildman–Crippen MR) is 70.0 cm³/mol. The molecule has 1 aliphatic rings. The topological polar surface area (TPSA) is 115 Å². The molecule has 2 rings (SSSR count). The second-order valence-electron chi connectivity index (χ2n) is 4.63. The van der Waals surface area contributed by atoms with Crippen molar-refractivity contribution in [2.24, 2.45) is 5.92 Å². The maximum Gasteiger partial charge on any atom is 0.270 e. The number of nitrogens with two attached hydrogens (primary N) is 1. The van der Waals surface area contributed by atoms with E-state index in [1.165, 1.54) is 12.1 Å². The Morgan fingerprint density at radius 3 is 2.63 bits per heavy atom. The van der Waals surface area contributed by atoms with E-state index >= 15 is 0 Å². The Morgan fingerprint density at radius 2 is 2.11 bits per heavy atom. The summed E-state index contributed by atoms with van der Waals surface area (Å²) in [7, 11) is -3.80. The van der Waals surface area contributed by atoms with Gasteiger partial charge in [0.1, 0.15) is 4.90 Å². The van der Waals surface area contributed by atoms with Gasteiger partial charge in [-0.05, 0) is 24.8 Å². The lowest BCUT2D eigenvalue weighted by Gasteiger charge is -2.25. The van der Waals surface area contributed by atoms with Gasteiger partial charge in [0.15, 0.2) is 0 Å². The molecule has 0 amide bonds. The standard InChI is InChI=1S/C11H15N3O4S/c12-10-5-4-9(14(15)16)6-11(10)19(17,18)13-7-8-2-1-3-8/h4-6,8,13H,1-3,7,12H2. The van der Waals surface area contributed by atoms with Gasteiger partial charge in [-0.2, -0.15) is 0 Å². The first-order valence-corrected chi connectivity index (χ1v) is 7.42. The third-order valence-electron chi connectivity index (χ3n) is 3.28. The van der Waals surface area contributed by atoms with Crippen LogP contribution in [0, 0.1) is 16.0 Å². The van der Waals surface area contributed by atoms with E-state index in [1.807, 2.05) is 0 Å². The molecule has 8 heteroatoms. The average molecular weight is 285 g/mol. The van der Waals surface area contributed by atoms with Crippen molar-refractivity contribution in [3.05, 3.63) is 28.3 Å².